The van der Waals surface area contributed by atoms with Crippen molar-refractivity contribution in [3.63, 3.8) is 0 Å². The van der Waals surface area contributed by atoms with Crippen molar-refractivity contribution in [1.29, 1.82) is 0 Å². The van der Waals surface area contributed by atoms with Crippen molar-refractivity contribution in [2.75, 3.05) is 11.4 Å². The van der Waals surface area contributed by atoms with Gasteiger partial charge in [-0.15, -0.1) is 11.3 Å². The summed E-state index contributed by atoms with van der Waals surface area (Å²) in [6.45, 7) is 5.31. The minimum Gasteiger partial charge on any atom is -0.363 e. The van der Waals surface area contributed by atoms with E-state index < -0.39 is 0 Å². The molecule has 0 saturated carbocycles. The third kappa shape index (κ3) is 2.96. The molecule has 2 heterocycles. The van der Waals surface area contributed by atoms with Crippen LogP contribution in [0.15, 0.2) is 29.6 Å². The van der Waals surface area contributed by atoms with E-state index in [1.165, 1.54) is 16.0 Å². The summed E-state index contributed by atoms with van der Waals surface area (Å²) in [4.78, 5) is 3.93. The molecule has 4 heteroatoms. The van der Waals surface area contributed by atoms with Gasteiger partial charge in [0.15, 0.2) is 0 Å². The molecule has 2 unspecified atom stereocenters. The number of rotatable bonds is 3. The van der Waals surface area contributed by atoms with Crippen LogP contribution in [0.2, 0.25) is 5.02 Å². The van der Waals surface area contributed by atoms with E-state index in [0.29, 0.717) is 6.04 Å². The zero-order valence-corrected chi connectivity index (χ0v) is 14.0. The third-order valence-corrected chi connectivity index (χ3v) is 5.46. The summed E-state index contributed by atoms with van der Waals surface area (Å²) in [7, 11) is 0. The highest BCUT2D eigenvalue weighted by Gasteiger charge is 2.26. The van der Waals surface area contributed by atoms with Gasteiger partial charge < -0.3 is 10.6 Å². The maximum Gasteiger partial charge on any atom is 0.0642 e. The third-order valence-electron chi connectivity index (χ3n) is 4.16. The molecule has 0 radical (unpaired) electrons. The van der Waals surface area contributed by atoms with Crippen molar-refractivity contribution in [2.45, 2.75) is 38.8 Å². The molecular formula is C17H21ClN2S. The second-order valence-corrected chi connectivity index (χ2v) is 7.29. The number of nitrogens with zero attached hydrogens (tertiary/aromatic N) is 1. The van der Waals surface area contributed by atoms with Crippen LogP contribution in [0, 0.1) is 0 Å². The first-order valence-corrected chi connectivity index (χ1v) is 8.69. The lowest BCUT2D eigenvalue weighted by Crippen LogP contribution is -2.33. The van der Waals surface area contributed by atoms with Gasteiger partial charge in [0.2, 0.25) is 0 Å². The van der Waals surface area contributed by atoms with E-state index in [4.69, 9.17) is 17.3 Å². The summed E-state index contributed by atoms with van der Waals surface area (Å²) in [6.07, 6.45) is 1.97. The fourth-order valence-corrected chi connectivity index (χ4v) is 4.40. The molecule has 1 aromatic carbocycles. The summed E-state index contributed by atoms with van der Waals surface area (Å²) < 4.78 is 0. The minimum absolute atomic E-state index is 0.161. The average molecular weight is 321 g/mol. The highest BCUT2D eigenvalue weighted by atomic mass is 35.5. The first-order valence-electron chi connectivity index (χ1n) is 7.43. The predicted molar refractivity (Wildman–Crippen MR) is 92.6 cm³/mol. The first kappa shape index (κ1) is 14.9. The molecule has 0 amide bonds. The van der Waals surface area contributed by atoms with E-state index in [9.17, 15) is 0 Å². The molecular weight excluding hydrogens is 300 g/mol. The van der Waals surface area contributed by atoms with Crippen molar-refractivity contribution in [3.05, 3.63) is 50.7 Å². The Balaban J connectivity index is 1.88. The van der Waals surface area contributed by atoms with Gasteiger partial charge in [-0.3, -0.25) is 0 Å². The molecule has 112 valence electrons. The van der Waals surface area contributed by atoms with Gasteiger partial charge in [0.25, 0.3) is 0 Å². The Kier molecular flexibility index (Phi) is 4.25. The summed E-state index contributed by atoms with van der Waals surface area (Å²) in [5.74, 6) is 0. The van der Waals surface area contributed by atoms with Gasteiger partial charge in [-0.1, -0.05) is 17.7 Å². The molecule has 0 spiro atoms. The van der Waals surface area contributed by atoms with Gasteiger partial charge in [0.05, 0.1) is 16.8 Å². The largest absolute Gasteiger partial charge is 0.363 e. The maximum atomic E-state index is 6.53. The van der Waals surface area contributed by atoms with Crippen LogP contribution in [0.5, 0.6) is 0 Å². The average Bonchev–Trinajstić information content (AvgIpc) is 2.89. The molecule has 0 fully saturated rings. The molecule has 1 aliphatic heterocycles. The highest BCUT2D eigenvalue weighted by Crippen LogP contribution is 2.39. The molecule has 2 atom stereocenters. The Bertz CT molecular complexity index is 635. The number of benzene rings is 1. The number of halogens is 1. The van der Waals surface area contributed by atoms with E-state index in [-0.39, 0.29) is 6.04 Å². The Morgan fingerprint density at radius 1 is 1.43 bits per heavy atom. The lowest BCUT2D eigenvalue weighted by atomic mass is 10.00. The van der Waals surface area contributed by atoms with Crippen LogP contribution in [0.1, 0.15) is 35.9 Å². The molecule has 2 N–H and O–H groups in total. The number of fused-ring (bicyclic) bond motifs is 1. The Morgan fingerprint density at radius 2 is 2.24 bits per heavy atom. The molecule has 1 aliphatic rings. The molecule has 0 saturated heterocycles. The topological polar surface area (TPSA) is 29.3 Å². The second kappa shape index (κ2) is 5.99. The van der Waals surface area contributed by atoms with E-state index >= 15 is 0 Å². The molecule has 1 aromatic heterocycles. The van der Waals surface area contributed by atoms with Crippen LogP contribution < -0.4 is 10.6 Å². The summed E-state index contributed by atoms with van der Waals surface area (Å²) in [6, 6.07) is 9.16. The SMILES string of the molecule is CC(N)Cc1ccc(N2CCc3sccc3C2C)c(Cl)c1. The monoisotopic (exact) mass is 320 g/mol. The van der Waals surface area contributed by atoms with Crippen LogP contribution in [-0.2, 0) is 12.8 Å². The van der Waals surface area contributed by atoms with Crippen molar-refractivity contribution in [1.82, 2.24) is 0 Å². The Morgan fingerprint density at radius 3 is 2.95 bits per heavy atom. The lowest BCUT2D eigenvalue weighted by molar-refractivity contribution is 0.632. The number of nitrogens with two attached hydrogens (primary N) is 1. The number of anilines is 1. The number of hydrogen-bond donors (Lipinski definition) is 1. The highest BCUT2D eigenvalue weighted by molar-refractivity contribution is 7.10. The molecule has 3 rings (SSSR count). The van der Waals surface area contributed by atoms with Crippen molar-refractivity contribution >= 4 is 28.6 Å². The first-order chi connectivity index (χ1) is 10.1. The van der Waals surface area contributed by atoms with E-state index in [2.05, 4.69) is 41.5 Å². The Labute approximate surface area is 135 Å². The summed E-state index contributed by atoms with van der Waals surface area (Å²) in [5.41, 5.74) is 9.65. The summed E-state index contributed by atoms with van der Waals surface area (Å²) in [5, 5.41) is 3.02. The van der Waals surface area contributed by atoms with Crippen molar-refractivity contribution < 1.29 is 0 Å². The molecule has 2 aromatic rings. The normalized spacial score (nSPS) is 19.4. The van der Waals surface area contributed by atoms with Gasteiger partial charge in [-0.05, 0) is 61.4 Å². The zero-order valence-electron chi connectivity index (χ0n) is 12.5. The molecule has 21 heavy (non-hydrogen) atoms. The molecule has 0 aliphatic carbocycles. The van der Waals surface area contributed by atoms with Gasteiger partial charge in [-0.25, -0.2) is 0 Å². The number of hydrogen-bond acceptors (Lipinski definition) is 3. The van der Waals surface area contributed by atoms with Crippen molar-refractivity contribution in [3.8, 4) is 0 Å². The molecule has 0 bridgehead atoms. The van der Waals surface area contributed by atoms with E-state index in [1.807, 2.05) is 18.3 Å². The van der Waals surface area contributed by atoms with Crippen molar-refractivity contribution in [2.24, 2.45) is 5.73 Å². The molecule has 2 nitrogen and oxygen atoms in total. The van der Waals surface area contributed by atoms with Crippen LogP contribution in [-0.4, -0.2) is 12.6 Å². The van der Waals surface area contributed by atoms with Crippen LogP contribution >= 0.6 is 22.9 Å². The quantitative estimate of drug-likeness (QED) is 0.907. The van der Waals surface area contributed by atoms with Crippen LogP contribution in [0.4, 0.5) is 5.69 Å². The van der Waals surface area contributed by atoms with Gasteiger partial charge in [-0.2, -0.15) is 0 Å². The van der Waals surface area contributed by atoms with Gasteiger partial charge in [0.1, 0.15) is 0 Å². The Hall–Kier alpha value is -1.03. The predicted octanol–water partition coefficient (Wildman–Crippen LogP) is 4.41. The van der Waals surface area contributed by atoms with Crippen LogP contribution in [0.3, 0.4) is 0 Å². The van der Waals surface area contributed by atoms with E-state index in [1.54, 1.807) is 0 Å². The fourth-order valence-electron chi connectivity index (χ4n) is 3.12. The second-order valence-electron chi connectivity index (χ2n) is 5.89. The minimum atomic E-state index is 0.161. The van der Waals surface area contributed by atoms with E-state index in [0.717, 1.165) is 30.1 Å². The zero-order chi connectivity index (χ0) is 15.0. The summed E-state index contributed by atoms with van der Waals surface area (Å²) >= 11 is 8.40. The standard InChI is InChI=1S/C17H21ClN2S/c1-11(19)9-13-3-4-16(15(18)10-13)20-7-5-17-14(12(20)2)6-8-21-17/h3-4,6,8,10-12H,5,7,9,19H2,1-2H3. The maximum absolute atomic E-state index is 6.53. The smallest absolute Gasteiger partial charge is 0.0642 e. The lowest BCUT2D eigenvalue weighted by Gasteiger charge is -2.36. The fraction of sp³-hybridized carbons (Fsp3) is 0.412. The van der Waals surface area contributed by atoms with Gasteiger partial charge in [0, 0.05) is 17.5 Å². The van der Waals surface area contributed by atoms with Gasteiger partial charge >= 0.3 is 0 Å². The number of thiophene rings is 1. The van der Waals surface area contributed by atoms with Crippen LogP contribution in [0.25, 0.3) is 0 Å².